The van der Waals surface area contributed by atoms with Gasteiger partial charge in [0.15, 0.2) is 5.37 Å². The fourth-order valence-electron chi connectivity index (χ4n) is 3.80. The molecule has 0 saturated heterocycles. The second kappa shape index (κ2) is 21.2. The van der Waals surface area contributed by atoms with Gasteiger partial charge in [0.05, 0.1) is 6.04 Å². The molecule has 0 bridgehead atoms. The summed E-state index contributed by atoms with van der Waals surface area (Å²) in [5.74, 6) is 1.53. The molecule has 0 fully saturated rings. The smallest absolute Gasteiger partial charge is 0.339 e. The Kier molecular flexibility index (Phi) is 17.5. The van der Waals surface area contributed by atoms with Crippen LogP contribution in [-0.2, 0) is 20.9 Å². The van der Waals surface area contributed by atoms with Crippen molar-refractivity contribution in [2.45, 2.75) is 65.0 Å². The number of rotatable bonds is 15. The highest BCUT2D eigenvalue weighted by atomic mass is 32.2. The second-order valence-corrected chi connectivity index (χ2v) is 11.1. The van der Waals surface area contributed by atoms with Crippen LogP contribution in [-0.4, -0.2) is 35.6 Å². The van der Waals surface area contributed by atoms with Crippen LogP contribution in [0.15, 0.2) is 103 Å². The van der Waals surface area contributed by atoms with Crippen LogP contribution in [0.1, 0.15) is 52.5 Å². The van der Waals surface area contributed by atoms with Crippen LogP contribution in [0, 0.1) is 5.92 Å². The minimum atomic E-state index is -0.762. The van der Waals surface area contributed by atoms with Crippen molar-refractivity contribution in [3.05, 3.63) is 109 Å². The van der Waals surface area contributed by atoms with Crippen molar-refractivity contribution in [1.82, 2.24) is 10.6 Å². The molecule has 2 aromatic rings. The lowest BCUT2D eigenvalue weighted by atomic mass is 9.98. The molecule has 226 valence electrons. The molecule has 0 radical (unpaired) electrons. The van der Waals surface area contributed by atoms with Gasteiger partial charge in [-0.3, -0.25) is 4.79 Å². The van der Waals surface area contributed by atoms with Gasteiger partial charge in [0.25, 0.3) is 0 Å². The van der Waals surface area contributed by atoms with Crippen molar-refractivity contribution < 1.29 is 19.1 Å². The van der Waals surface area contributed by atoms with Gasteiger partial charge in [0, 0.05) is 0 Å². The van der Waals surface area contributed by atoms with Crippen molar-refractivity contribution in [3.8, 4) is 11.5 Å². The van der Waals surface area contributed by atoms with E-state index in [9.17, 15) is 9.59 Å². The zero-order valence-electron chi connectivity index (χ0n) is 25.3. The molecule has 0 aromatic heterocycles. The van der Waals surface area contributed by atoms with E-state index >= 15 is 0 Å². The summed E-state index contributed by atoms with van der Waals surface area (Å²) in [6, 6.07) is 32.2. The number of thioether (sulfide) groups is 1. The Morgan fingerprint density at radius 3 is 1.86 bits per heavy atom. The van der Waals surface area contributed by atoms with Crippen LogP contribution >= 0.6 is 11.8 Å². The first kappa shape index (κ1) is 34.7. The third-order valence-electron chi connectivity index (χ3n) is 6.38. The summed E-state index contributed by atoms with van der Waals surface area (Å²) in [6.45, 7) is 9.05. The van der Waals surface area contributed by atoms with Crippen molar-refractivity contribution in [1.29, 1.82) is 0 Å². The number of ether oxygens (including phenoxy) is 2. The van der Waals surface area contributed by atoms with Gasteiger partial charge >= 0.3 is 5.97 Å². The monoisotopic (exact) mass is 590 g/mol. The zero-order chi connectivity index (χ0) is 30.4. The lowest BCUT2D eigenvalue weighted by Gasteiger charge is -2.26. The van der Waals surface area contributed by atoms with Gasteiger partial charge in [-0.1, -0.05) is 119 Å². The molecule has 0 aliphatic heterocycles. The molecule has 7 heteroatoms. The van der Waals surface area contributed by atoms with E-state index in [0.29, 0.717) is 17.3 Å². The third kappa shape index (κ3) is 13.9. The summed E-state index contributed by atoms with van der Waals surface area (Å²) in [5.41, 5.74) is 0.823. The highest BCUT2D eigenvalue weighted by Crippen LogP contribution is 2.21. The summed E-state index contributed by atoms with van der Waals surface area (Å²) in [7, 11) is 0. The number of hydrogen-bond donors (Lipinski definition) is 2. The largest absolute Gasteiger partial charge is 0.459 e. The average Bonchev–Trinajstić information content (AvgIpc) is 3.00. The standard InChI is InChI=1S/C35H46N2O4S/c1-5-8-26-36-32(28(4)6-2)33(38)37-34(42-7-3)35(39)40-27-29-22-24-31(25-23-29)41-30-20-18-16-14-12-10-9-11-13-15-17-19-21-30/h9-25,28,32,34,36H,5-8,26-27H2,1-4H3,(H,37,38). The van der Waals surface area contributed by atoms with Crippen molar-refractivity contribution in [2.24, 2.45) is 5.92 Å². The zero-order valence-corrected chi connectivity index (χ0v) is 26.1. The number of amides is 1. The summed E-state index contributed by atoms with van der Waals surface area (Å²) in [5, 5.41) is 5.52. The van der Waals surface area contributed by atoms with E-state index in [4.69, 9.17) is 9.47 Å². The number of nitrogens with one attached hydrogen (secondary N) is 2. The Hall–Kier alpha value is -3.55. The van der Waals surface area contributed by atoms with Gasteiger partial charge in [0.2, 0.25) is 5.91 Å². The van der Waals surface area contributed by atoms with Gasteiger partial charge in [-0.15, -0.1) is 11.8 Å². The molecule has 2 N–H and O–H groups in total. The van der Waals surface area contributed by atoms with Crippen molar-refractivity contribution in [2.75, 3.05) is 12.3 Å². The van der Waals surface area contributed by atoms with Crippen LogP contribution in [0.2, 0.25) is 0 Å². The Balaban J connectivity index is 2.03. The van der Waals surface area contributed by atoms with E-state index in [1.165, 1.54) is 11.8 Å². The number of esters is 1. The number of unbranched alkanes of at least 4 members (excludes halogenated alkanes) is 1. The third-order valence-corrected chi connectivity index (χ3v) is 7.36. The first-order valence-corrected chi connectivity index (χ1v) is 15.8. The van der Waals surface area contributed by atoms with E-state index in [2.05, 4.69) is 31.4 Å². The average molecular weight is 591 g/mol. The van der Waals surface area contributed by atoms with E-state index in [-0.39, 0.29) is 24.5 Å². The molecular weight excluding hydrogens is 544 g/mol. The Morgan fingerprint density at radius 2 is 1.33 bits per heavy atom. The SMILES string of the molecule is CCCCNC(C(=O)NC(SCC)C(=O)OCc1ccc(Oc2ccccccccccccc2)cc1)C(C)CC. The highest BCUT2D eigenvalue weighted by molar-refractivity contribution is 8.00. The normalized spacial score (nSPS) is 12.5. The molecule has 1 amide bonds. The molecule has 0 aliphatic carbocycles. The fraction of sp³-hybridized carbons (Fsp3) is 0.371. The maximum atomic E-state index is 13.1. The van der Waals surface area contributed by atoms with Gasteiger partial charge in [-0.05, 0) is 54.5 Å². The molecule has 0 heterocycles. The minimum Gasteiger partial charge on any atom is -0.459 e. The molecule has 6 nitrogen and oxygen atoms in total. The van der Waals surface area contributed by atoms with E-state index < -0.39 is 11.3 Å². The fourth-order valence-corrected chi connectivity index (χ4v) is 4.54. The van der Waals surface area contributed by atoms with Crippen LogP contribution in [0.3, 0.4) is 0 Å². The topological polar surface area (TPSA) is 76.7 Å². The highest BCUT2D eigenvalue weighted by Gasteiger charge is 2.29. The summed E-state index contributed by atoms with van der Waals surface area (Å²) < 4.78 is 11.7. The van der Waals surface area contributed by atoms with Gasteiger partial charge in [0.1, 0.15) is 18.1 Å². The number of carbonyl (C=O) groups excluding carboxylic acids is 2. The van der Waals surface area contributed by atoms with Gasteiger partial charge < -0.3 is 20.1 Å². The maximum Gasteiger partial charge on any atom is 0.339 e. The van der Waals surface area contributed by atoms with E-state index in [1.807, 2.05) is 110 Å². The van der Waals surface area contributed by atoms with Crippen molar-refractivity contribution >= 4 is 23.6 Å². The molecular formula is C35H46N2O4S. The van der Waals surface area contributed by atoms with Crippen molar-refractivity contribution in [3.63, 3.8) is 0 Å². The number of carbonyl (C=O) groups is 2. The van der Waals surface area contributed by atoms with Crippen LogP contribution in [0.4, 0.5) is 0 Å². The summed E-state index contributed by atoms with van der Waals surface area (Å²) in [6.07, 6.45) is 2.91. The predicted octanol–water partition coefficient (Wildman–Crippen LogP) is 7.77. The Bertz CT molecular complexity index is 1150. The Morgan fingerprint density at radius 1 is 0.786 bits per heavy atom. The molecule has 0 aliphatic rings. The number of benzene rings is 1. The lowest BCUT2D eigenvalue weighted by molar-refractivity contribution is -0.146. The van der Waals surface area contributed by atoms with Crippen LogP contribution in [0.25, 0.3) is 0 Å². The van der Waals surface area contributed by atoms with Crippen LogP contribution in [0.5, 0.6) is 11.5 Å². The van der Waals surface area contributed by atoms with E-state index in [1.54, 1.807) is 0 Å². The quantitative estimate of drug-likeness (QED) is 0.125. The molecule has 3 unspecified atom stereocenters. The molecule has 2 rings (SSSR count). The molecule has 42 heavy (non-hydrogen) atoms. The summed E-state index contributed by atoms with van der Waals surface area (Å²) >= 11 is 1.36. The second-order valence-electron chi connectivity index (χ2n) is 9.72. The first-order chi connectivity index (χ1) is 20.5. The Labute approximate surface area is 256 Å². The lowest BCUT2D eigenvalue weighted by Crippen LogP contribution is -2.52. The van der Waals surface area contributed by atoms with Crippen LogP contribution < -0.4 is 15.4 Å². The molecule has 3 atom stereocenters. The summed E-state index contributed by atoms with van der Waals surface area (Å²) in [4.78, 5) is 26.1. The predicted molar refractivity (Wildman–Crippen MR) is 174 cm³/mol. The molecule has 0 spiro atoms. The van der Waals surface area contributed by atoms with Gasteiger partial charge in [-0.2, -0.15) is 0 Å². The maximum absolute atomic E-state index is 13.1. The van der Waals surface area contributed by atoms with E-state index in [0.717, 1.165) is 31.4 Å². The minimum absolute atomic E-state index is 0.101. The van der Waals surface area contributed by atoms with Gasteiger partial charge in [-0.25, -0.2) is 4.79 Å². The number of hydrogen-bond acceptors (Lipinski definition) is 6. The molecule has 0 saturated carbocycles. The first-order valence-electron chi connectivity index (χ1n) is 14.8. The molecule has 2 aromatic carbocycles.